The van der Waals surface area contributed by atoms with E-state index in [2.05, 4.69) is 0 Å². The molecule has 1 saturated heterocycles. The number of carbonyl (C=O) groups is 1. The number of nitrogens with two attached hydrogens (primary N) is 1. The lowest BCUT2D eigenvalue weighted by molar-refractivity contribution is -0.144. The standard InChI is InChI=1S/C15H27NO3S/c1-2-18-14(17)13(16)6-10-20-12-5-9-19-15(11-12)7-3-4-8-15/h12-13H,2-11,16H2,1H3. The van der Waals surface area contributed by atoms with Crippen LogP contribution in [0.4, 0.5) is 0 Å². The molecular weight excluding hydrogens is 274 g/mol. The highest BCUT2D eigenvalue weighted by Gasteiger charge is 2.39. The number of esters is 1. The van der Waals surface area contributed by atoms with Crippen LogP contribution in [-0.4, -0.2) is 41.8 Å². The van der Waals surface area contributed by atoms with E-state index in [1.54, 1.807) is 0 Å². The Kier molecular flexibility index (Phi) is 6.18. The molecule has 2 N–H and O–H groups in total. The van der Waals surface area contributed by atoms with Gasteiger partial charge >= 0.3 is 5.97 Å². The Morgan fingerprint density at radius 3 is 2.95 bits per heavy atom. The van der Waals surface area contributed by atoms with Gasteiger partial charge in [-0.2, -0.15) is 11.8 Å². The highest BCUT2D eigenvalue weighted by molar-refractivity contribution is 7.99. The third kappa shape index (κ3) is 4.37. The average Bonchev–Trinajstić information content (AvgIpc) is 2.87. The first-order chi connectivity index (χ1) is 9.65. The van der Waals surface area contributed by atoms with Gasteiger partial charge in [0.15, 0.2) is 0 Å². The predicted molar refractivity (Wildman–Crippen MR) is 81.9 cm³/mol. The molecule has 2 atom stereocenters. The van der Waals surface area contributed by atoms with Crippen LogP contribution < -0.4 is 5.73 Å². The summed E-state index contributed by atoms with van der Waals surface area (Å²) in [6.45, 7) is 3.10. The molecule has 5 heteroatoms. The van der Waals surface area contributed by atoms with Crippen molar-refractivity contribution in [3.63, 3.8) is 0 Å². The first-order valence-electron chi connectivity index (χ1n) is 7.83. The fraction of sp³-hybridized carbons (Fsp3) is 0.933. The molecule has 20 heavy (non-hydrogen) atoms. The second-order valence-corrected chi connectivity index (χ2v) is 7.28. The van der Waals surface area contributed by atoms with Gasteiger partial charge in [-0.15, -0.1) is 0 Å². The van der Waals surface area contributed by atoms with Crippen molar-refractivity contribution in [3.8, 4) is 0 Å². The number of carbonyl (C=O) groups excluding carboxylic acids is 1. The van der Waals surface area contributed by atoms with Crippen LogP contribution in [0, 0.1) is 0 Å². The maximum Gasteiger partial charge on any atom is 0.322 e. The van der Waals surface area contributed by atoms with Gasteiger partial charge in [-0.3, -0.25) is 4.79 Å². The zero-order valence-electron chi connectivity index (χ0n) is 12.4. The van der Waals surface area contributed by atoms with E-state index < -0.39 is 6.04 Å². The van der Waals surface area contributed by atoms with Gasteiger partial charge in [0.2, 0.25) is 0 Å². The van der Waals surface area contributed by atoms with Crippen molar-refractivity contribution >= 4 is 17.7 Å². The molecule has 1 aliphatic heterocycles. The zero-order valence-corrected chi connectivity index (χ0v) is 13.3. The van der Waals surface area contributed by atoms with Gasteiger partial charge in [0.05, 0.1) is 12.2 Å². The van der Waals surface area contributed by atoms with Crippen molar-refractivity contribution in [2.45, 2.75) is 68.8 Å². The monoisotopic (exact) mass is 301 g/mol. The Bertz CT molecular complexity index is 318. The highest BCUT2D eigenvalue weighted by atomic mass is 32.2. The summed E-state index contributed by atoms with van der Waals surface area (Å²) in [7, 11) is 0. The van der Waals surface area contributed by atoms with Gasteiger partial charge in [0, 0.05) is 11.9 Å². The van der Waals surface area contributed by atoms with Crippen LogP contribution in [0.5, 0.6) is 0 Å². The molecule has 0 bridgehead atoms. The Morgan fingerprint density at radius 1 is 1.50 bits per heavy atom. The van der Waals surface area contributed by atoms with Crippen molar-refractivity contribution in [1.29, 1.82) is 0 Å². The zero-order chi connectivity index (χ0) is 14.4. The van der Waals surface area contributed by atoms with E-state index in [9.17, 15) is 4.79 Å². The van der Waals surface area contributed by atoms with Gasteiger partial charge in [0.25, 0.3) is 0 Å². The van der Waals surface area contributed by atoms with Gasteiger partial charge in [-0.05, 0) is 44.8 Å². The van der Waals surface area contributed by atoms with Crippen molar-refractivity contribution in [2.75, 3.05) is 19.0 Å². The van der Waals surface area contributed by atoms with Gasteiger partial charge in [0.1, 0.15) is 6.04 Å². The van der Waals surface area contributed by atoms with Crippen LogP contribution in [0.3, 0.4) is 0 Å². The molecule has 0 aromatic rings. The lowest BCUT2D eigenvalue weighted by atomic mass is 9.92. The molecule has 0 aromatic heterocycles. The molecule has 0 aromatic carbocycles. The summed E-state index contributed by atoms with van der Waals surface area (Å²) >= 11 is 1.95. The van der Waals surface area contributed by atoms with Crippen LogP contribution >= 0.6 is 11.8 Å². The summed E-state index contributed by atoms with van der Waals surface area (Å²) < 4.78 is 11.0. The van der Waals surface area contributed by atoms with Gasteiger partial charge in [-0.1, -0.05) is 12.8 Å². The number of hydrogen-bond donors (Lipinski definition) is 1. The largest absolute Gasteiger partial charge is 0.465 e. The van der Waals surface area contributed by atoms with E-state index in [1.165, 1.54) is 32.1 Å². The molecule has 2 aliphatic rings. The minimum absolute atomic E-state index is 0.180. The van der Waals surface area contributed by atoms with Gasteiger partial charge < -0.3 is 15.2 Å². The number of thioether (sulfide) groups is 1. The molecule has 2 rings (SSSR count). The maximum absolute atomic E-state index is 11.5. The minimum Gasteiger partial charge on any atom is -0.465 e. The summed E-state index contributed by atoms with van der Waals surface area (Å²) in [6.07, 6.45) is 8.08. The fourth-order valence-electron chi connectivity index (χ4n) is 3.22. The minimum atomic E-state index is -0.470. The molecule has 2 fully saturated rings. The number of rotatable bonds is 6. The smallest absolute Gasteiger partial charge is 0.322 e. The summed E-state index contributed by atoms with van der Waals surface area (Å²) in [5.41, 5.74) is 6.00. The lowest BCUT2D eigenvalue weighted by Gasteiger charge is -2.38. The van der Waals surface area contributed by atoms with E-state index in [-0.39, 0.29) is 11.6 Å². The molecule has 0 radical (unpaired) electrons. The number of hydrogen-bond acceptors (Lipinski definition) is 5. The lowest BCUT2D eigenvalue weighted by Crippen LogP contribution is -2.38. The Hall–Kier alpha value is -0.260. The van der Waals surface area contributed by atoms with Crippen molar-refractivity contribution in [3.05, 3.63) is 0 Å². The van der Waals surface area contributed by atoms with Gasteiger partial charge in [-0.25, -0.2) is 0 Å². The first kappa shape index (κ1) is 16.1. The van der Waals surface area contributed by atoms with Crippen LogP contribution in [0.1, 0.15) is 51.9 Å². The molecule has 1 saturated carbocycles. The van der Waals surface area contributed by atoms with Crippen LogP contribution in [0.25, 0.3) is 0 Å². The Morgan fingerprint density at radius 2 is 2.25 bits per heavy atom. The normalized spacial score (nSPS) is 26.6. The summed E-state index contributed by atoms with van der Waals surface area (Å²) in [6, 6.07) is -0.470. The SMILES string of the molecule is CCOC(=O)C(N)CCSC1CCOC2(CCCC2)C1. The molecule has 1 spiro atoms. The molecule has 1 heterocycles. The second-order valence-electron chi connectivity index (χ2n) is 5.87. The highest BCUT2D eigenvalue weighted by Crippen LogP contribution is 2.43. The quantitative estimate of drug-likeness (QED) is 0.764. The Labute approximate surface area is 126 Å². The Balaban J connectivity index is 1.67. The van der Waals surface area contributed by atoms with Crippen molar-refractivity contribution in [2.24, 2.45) is 5.73 Å². The van der Waals surface area contributed by atoms with Crippen LogP contribution in [0.15, 0.2) is 0 Å². The van der Waals surface area contributed by atoms with Crippen LogP contribution in [-0.2, 0) is 14.3 Å². The molecule has 1 aliphatic carbocycles. The molecule has 2 unspecified atom stereocenters. The van der Waals surface area contributed by atoms with E-state index >= 15 is 0 Å². The van der Waals surface area contributed by atoms with Crippen LogP contribution in [0.2, 0.25) is 0 Å². The third-order valence-electron chi connectivity index (χ3n) is 4.33. The molecule has 116 valence electrons. The topological polar surface area (TPSA) is 61.5 Å². The van der Waals surface area contributed by atoms with E-state index in [0.29, 0.717) is 18.3 Å². The maximum atomic E-state index is 11.5. The van der Waals surface area contributed by atoms with E-state index in [0.717, 1.165) is 18.8 Å². The summed E-state index contributed by atoms with van der Waals surface area (Å²) in [5, 5.41) is 0.663. The average molecular weight is 301 g/mol. The predicted octanol–water partition coefficient (Wildman–Crippen LogP) is 2.49. The summed E-state index contributed by atoms with van der Waals surface area (Å²) in [5.74, 6) is 0.660. The van der Waals surface area contributed by atoms with E-state index in [4.69, 9.17) is 15.2 Å². The molecular formula is C15H27NO3S. The molecule has 0 amide bonds. The first-order valence-corrected chi connectivity index (χ1v) is 8.88. The number of ether oxygens (including phenoxy) is 2. The van der Waals surface area contributed by atoms with Crippen molar-refractivity contribution < 1.29 is 14.3 Å². The second kappa shape index (κ2) is 7.66. The van der Waals surface area contributed by atoms with E-state index in [1.807, 2.05) is 18.7 Å². The summed E-state index contributed by atoms with van der Waals surface area (Å²) in [4.78, 5) is 11.5. The van der Waals surface area contributed by atoms with Crippen molar-refractivity contribution in [1.82, 2.24) is 0 Å². The third-order valence-corrected chi connectivity index (χ3v) is 5.68. The fourth-order valence-corrected chi connectivity index (χ4v) is 4.63. The molecule has 4 nitrogen and oxygen atoms in total.